The number of hydrazone groups is 1. The van der Waals surface area contributed by atoms with Crippen LogP contribution in [-0.2, 0) is 0 Å². The van der Waals surface area contributed by atoms with Gasteiger partial charge in [-0.1, -0.05) is 0 Å². The van der Waals surface area contributed by atoms with E-state index in [1.54, 1.807) is 24.5 Å². The van der Waals surface area contributed by atoms with Crippen molar-refractivity contribution >= 4 is 11.6 Å². The number of hydrogen-bond donors (Lipinski definition) is 2. The molecule has 1 saturated heterocycles. The zero-order valence-electron chi connectivity index (χ0n) is 12.5. The Morgan fingerprint density at radius 3 is 2.30 bits per heavy atom. The quantitative estimate of drug-likeness (QED) is 0.812. The molecule has 1 aliphatic heterocycles. The van der Waals surface area contributed by atoms with Gasteiger partial charge in [0, 0.05) is 47.6 Å². The van der Waals surface area contributed by atoms with E-state index in [1.165, 1.54) is 0 Å². The molecule has 1 amide bonds. The van der Waals surface area contributed by atoms with Gasteiger partial charge >= 0.3 is 0 Å². The molecule has 2 N–H and O–H groups in total. The molecule has 0 unspecified atom stereocenters. The highest BCUT2D eigenvalue weighted by Gasteiger charge is 2.35. The molecule has 0 radical (unpaired) electrons. The summed E-state index contributed by atoms with van der Waals surface area (Å²) in [5.74, 6) is -0.200. The SMILES string of the molecule is CC1(C)CC(=NNC(=O)c2ccncc2)CC(C)(C)N1. The van der Waals surface area contributed by atoms with Crippen LogP contribution in [0.25, 0.3) is 0 Å². The molecule has 5 heteroatoms. The largest absolute Gasteiger partial charge is 0.306 e. The Morgan fingerprint density at radius 1 is 1.20 bits per heavy atom. The third kappa shape index (κ3) is 3.87. The number of carbonyl (C=O) groups excluding carboxylic acids is 1. The van der Waals surface area contributed by atoms with Crippen LogP contribution in [0.2, 0.25) is 0 Å². The Balaban J connectivity index is 2.06. The lowest BCUT2D eigenvalue weighted by molar-refractivity contribution is 0.0953. The zero-order chi connectivity index (χ0) is 14.8. The fourth-order valence-corrected chi connectivity index (χ4v) is 2.86. The molecule has 0 spiro atoms. The van der Waals surface area contributed by atoms with E-state index in [9.17, 15) is 4.79 Å². The first-order valence-electron chi connectivity index (χ1n) is 6.83. The molecule has 0 aromatic carbocycles. The summed E-state index contributed by atoms with van der Waals surface area (Å²) in [7, 11) is 0. The van der Waals surface area contributed by atoms with Gasteiger partial charge in [-0.25, -0.2) is 5.43 Å². The molecule has 1 aromatic rings. The maximum Gasteiger partial charge on any atom is 0.271 e. The Morgan fingerprint density at radius 2 is 1.75 bits per heavy atom. The predicted molar refractivity (Wildman–Crippen MR) is 79.7 cm³/mol. The van der Waals surface area contributed by atoms with Crippen LogP contribution in [0.15, 0.2) is 29.6 Å². The first-order valence-corrected chi connectivity index (χ1v) is 6.83. The van der Waals surface area contributed by atoms with Crippen molar-refractivity contribution < 1.29 is 4.79 Å². The molecular formula is C15H22N4O. The van der Waals surface area contributed by atoms with Crippen LogP contribution in [0.5, 0.6) is 0 Å². The van der Waals surface area contributed by atoms with Crippen molar-refractivity contribution in [2.45, 2.75) is 51.6 Å². The summed E-state index contributed by atoms with van der Waals surface area (Å²) in [5, 5.41) is 7.89. The van der Waals surface area contributed by atoms with Crippen molar-refractivity contribution in [1.29, 1.82) is 0 Å². The van der Waals surface area contributed by atoms with Crippen LogP contribution in [0.1, 0.15) is 50.9 Å². The molecule has 5 nitrogen and oxygen atoms in total. The number of piperidine rings is 1. The van der Waals surface area contributed by atoms with Crippen molar-refractivity contribution in [3.05, 3.63) is 30.1 Å². The van der Waals surface area contributed by atoms with Crippen molar-refractivity contribution in [1.82, 2.24) is 15.7 Å². The van der Waals surface area contributed by atoms with Crippen LogP contribution < -0.4 is 10.7 Å². The molecule has 0 aliphatic carbocycles. The maximum atomic E-state index is 11.9. The number of rotatable bonds is 2. The van der Waals surface area contributed by atoms with Gasteiger partial charge in [-0.3, -0.25) is 9.78 Å². The number of nitrogens with zero attached hydrogens (tertiary/aromatic N) is 2. The van der Waals surface area contributed by atoms with Gasteiger partial charge in [-0.2, -0.15) is 5.10 Å². The van der Waals surface area contributed by atoms with Crippen LogP contribution in [-0.4, -0.2) is 27.7 Å². The van der Waals surface area contributed by atoms with Gasteiger partial charge in [0.25, 0.3) is 5.91 Å². The average molecular weight is 274 g/mol. The van der Waals surface area contributed by atoms with E-state index < -0.39 is 0 Å². The van der Waals surface area contributed by atoms with Crippen molar-refractivity contribution in [3.8, 4) is 0 Å². The second kappa shape index (κ2) is 5.32. The zero-order valence-corrected chi connectivity index (χ0v) is 12.5. The summed E-state index contributed by atoms with van der Waals surface area (Å²) in [6.07, 6.45) is 4.84. The second-order valence-electron chi connectivity index (χ2n) is 6.60. The molecule has 20 heavy (non-hydrogen) atoms. The number of pyridine rings is 1. The Bertz CT molecular complexity index is 502. The van der Waals surface area contributed by atoms with Crippen molar-refractivity contribution in [2.75, 3.05) is 0 Å². The molecule has 0 atom stereocenters. The van der Waals surface area contributed by atoms with Gasteiger partial charge in [0.15, 0.2) is 0 Å². The fourth-order valence-electron chi connectivity index (χ4n) is 2.86. The number of amides is 1. The molecule has 0 saturated carbocycles. The molecule has 2 rings (SSSR count). The van der Waals surface area contributed by atoms with E-state index in [0.717, 1.165) is 18.6 Å². The second-order valence-corrected chi connectivity index (χ2v) is 6.60. The Labute approximate surface area is 119 Å². The highest BCUT2D eigenvalue weighted by atomic mass is 16.2. The van der Waals surface area contributed by atoms with Crippen LogP contribution >= 0.6 is 0 Å². The smallest absolute Gasteiger partial charge is 0.271 e. The molecule has 1 aromatic heterocycles. The van der Waals surface area contributed by atoms with E-state index in [4.69, 9.17) is 0 Å². The van der Waals surface area contributed by atoms with Gasteiger partial charge in [0.05, 0.1) is 0 Å². The third-order valence-corrected chi connectivity index (χ3v) is 3.23. The summed E-state index contributed by atoms with van der Waals surface area (Å²) >= 11 is 0. The number of hydrogen-bond acceptors (Lipinski definition) is 4. The molecule has 0 bridgehead atoms. The first kappa shape index (κ1) is 14.7. The fraction of sp³-hybridized carbons (Fsp3) is 0.533. The summed E-state index contributed by atoms with van der Waals surface area (Å²) in [4.78, 5) is 15.8. The minimum atomic E-state index is -0.200. The number of nitrogens with one attached hydrogen (secondary N) is 2. The first-order chi connectivity index (χ1) is 9.27. The van der Waals surface area contributed by atoms with Crippen LogP contribution in [0, 0.1) is 0 Å². The lowest BCUT2D eigenvalue weighted by Gasteiger charge is -2.43. The third-order valence-electron chi connectivity index (χ3n) is 3.23. The van der Waals surface area contributed by atoms with E-state index in [0.29, 0.717) is 5.56 Å². The van der Waals surface area contributed by atoms with Crippen LogP contribution in [0.4, 0.5) is 0 Å². The van der Waals surface area contributed by atoms with Crippen molar-refractivity contribution in [3.63, 3.8) is 0 Å². The Kier molecular flexibility index (Phi) is 3.90. The Hall–Kier alpha value is -1.75. The average Bonchev–Trinajstić information content (AvgIpc) is 2.33. The monoisotopic (exact) mass is 274 g/mol. The summed E-state index contributed by atoms with van der Waals surface area (Å²) in [5.41, 5.74) is 4.20. The van der Waals surface area contributed by atoms with Gasteiger partial charge in [-0.05, 0) is 39.8 Å². The minimum Gasteiger partial charge on any atom is -0.306 e. The summed E-state index contributed by atoms with van der Waals surface area (Å²) < 4.78 is 0. The van der Waals surface area contributed by atoms with Gasteiger partial charge in [-0.15, -0.1) is 0 Å². The van der Waals surface area contributed by atoms with E-state index in [-0.39, 0.29) is 17.0 Å². The molecule has 1 fully saturated rings. The molecule has 108 valence electrons. The van der Waals surface area contributed by atoms with Crippen LogP contribution in [0.3, 0.4) is 0 Å². The predicted octanol–water partition coefficient (Wildman–Crippen LogP) is 2.11. The number of aromatic nitrogens is 1. The number of carbonyl (C=O) groups is 1. The minimum absolute atomic E-state index is 0.0119. The van der Waals surface area contributed by atoms with Crippen molar-refractivity contribution in [2.24, 2.45) is 5.10 Å². The van der Waals surface area contributed by atoms with E-state index in [1.807, 2.05) is 0 Å². The van der Waals surface area contributed by atoms with Gasteiger partial charge < -0.3 is 5.32 Å². The van der Waals surface area contributed by atoms with Gasteiger partial charge in [0.1, 0.15) is 0 Å². The topological polar surface area (TPSA) is 66.4 Å². The molecule has 1 aliphatic rings. The highest BCUT2D eigenvalue weighted by molar-refractivity contribution is 5.95. The summed E-state index contributed by atoms with van der Waals surface area (Å²) in [6, 6.07) is 3.34. The van der Waals surface area contributed by atoms with E-state index in [2.05, 4.69) is 48.5 Å². The molecular weight excluding hydrogens is 252 g/mol. The normalized spacial score (nSPS) is 20.3. The van der Waals surface area contributed by atoms with E-state index >= 15 is 0 Å². The standard InChI is InChI=1S/C15H22N4O/c1-14(2)9-12(10-15(3,4)19-14)17-18-13(20)11-5-7-16-8-6-11/h5-8,19H,9-10H2,1-4H3,(H,18,20). The van der Waals surface area contributed by atoms with Gasteiger partial charge in [0.2, 0.25) is 0 Å². The maximum absolute atomic E-state index is 11.9. The lowest BCUT2D eigenvalue weighted by atomic mass is 9.81. The summed E-state index contributed by atoms with van der Waals surface area (Å²) in [6.45, 7) is 8.59. The lowest BCUT2D eigenvalue weighted by Crippen LogP contribution is -2.58. The molecule has 2 heterocycles. The highest BCUT2D eigenvalue weighted by Crippen LogP contribution is 2.26.